The number of rotatable bonds is 5. The molecule has 24 heavy (non-hydrogen) atoms. The number of carbonyl (C=O) groups excluding carboxylic acids is 1. The average Bonchev–Trinajstić information content (AvgIpc) is 3.13. The van der Waals surface area contributed by atoms with E-state index in [0.29, 0.717) is 17.8 Å². The highest BCUT2D eigenvalue weighted by molar-refractivity contribution is 5.95. The number of piperidine rings is 1. The molecule has 2 aliphatic heterocycles. The van der Waals surface area contributed by atoms with Crippen molar-refractivity contribution >= 4 is 17.3 Å². The van der Waals surface area contributed by atoms with E-state index < -0.39 is 4.92 Å². The molecule has 0 saturated carbocycles. The van der Waals surface area contributed by atoms with Gasteiger partial charge in [-0.2, -0.15) is 0 Å². The minimum Gasteiger partial charge on any atom is -0.376 e. The predicted octanol–water partition coefficient (Wildman–Crippen LogP) is 2.49. The number of carbonyl (C=O) groups is 1. The van der Waals surface area contributed by atoms with Gasteiger partial charge in [-0.15, -0.1) is 0 Å². The number of hydrogen-bond acceptors (Lipinski definition) is 5. The molecule has 7 nitrogen and oxygen atoms in total. The van der Waals surface area contributed by atoms with E-state index in [0.717, 1.165) is 51.8 Å². The lowest BCUT2D eigenvalue weighted by molar-refractivity contribution is -0.384. The van der Waals surface area contributed by atoms with Crippen molar-refractivity contribution in [2.75, 3.05) is 31.1 Å². The Bertz CT molecular complexity index is 608. The molecule has 1 atom stereocenters. The van der Waals surface area contributed by atoms with Crippen LogP contribution in [0.3, 0.4) is 0 Å². The molecule has 7 heteroatoms. The summed E-state index contributed by atoms with van der Waals surface area (Å²) in [6.45, 7) is 2.83. The van der Waals surface area contributed by atoms with Crippen LogP contribution in [0.15, 0.2) is 18.2 Å². The van der Waals surface area contributed by atoms with Gasteiger partial charge in [0.05, 0.1) is 11.0 Å². The normalized spacial score (nSPS) is 20.8. The van der Waals surface area contributed by atoms with Gasteiger partial charge in [0, 0.05) is 37.9 Å². The molecule has 0 aromatic heterocycles. The smallest absolute Gasteiger partial charge is 0.293 e. The van der Waals surface area contributed by atoms with Gasteiger partial charge in [0.25, 0.3) is 11.6 Å². The van der Waals surface area contributed by atoms with Crippen LogP contribution in [0, 0.1) is 10.1 Å². The number of nitrogens with zero attached hydrogens (tertiary/aromatic N) is 2. The highest BCUT2D eigenvalue weighted by atomic mass is 16.6. The molecule has 0 unspecified atom stereocenters. The number of nitro groups is 1. The number of ether oxygens (including phenoxy) is 1. The molecular weight excluding hydrogens is 310 g/mol. The van der Waals surface area contributed by atoms with Crippen LogP contribution in [0.1, 0.15) is 42.5 Å². The Labute approximate surface area is 141 Å². The Morgan fingerprint density at radius 3 is 2.75 bits per heavy atom. The van der Waals surface area contributed by atoms with Crippen LogP contribution < -0.4 is 10.2 Å². The summed E-state index contributed by atoms with van der Waals surface area (Å²) in [5.74, 6) is -0.293. The van der Waals surface area contributed by atoms with Gasteiger partial charge >= 0.3 is 0 Å². The van der Waals surface area contributed by atoms with E-state index >= 15 is 0 Å². The molecule has 2 fully saturated rings. The summed E-state index contributed by atoms with van der Waals surface area (Å²) in [6, 6.07) is 4.75. The van der Waals surface area contributed by atoms with Crippen LogP contribution in [0.5, 0.6) is 0 Å². The van der Waals surface area contributed by atoms with Gasteiger partial charge in [0.15, 0.2) is 0 Å². The van der Waals surface area contributed by atoms with Gasteiger partial charge in [-0.1, -0.05) is 0 Å². The Balaban J connectivity index is 1.72. The van der Waals surface area contributed by atoms with Crippen LogP contribution in [0.4, 0.5) is 11.4 Å². The minimum absolute atomic E-state index is 0.00154. The number of nitro benzene ring substituents is 1. The van der Waals surface area contributed by atoms with Gasteiger partial charge in [-0.25, -0.2) is 0 Å². The van der Waals surface area contributed by atoms with E-state index in [9.17, 15) is 14.9 Å². The summed E-state index contributed by atoms with van der Waals surface area (Å²) >= 11 is 0. The number of benzene rings is 1. The predicted molar refractivity (Wildman–Crippen MR) is 90.5 cm³/mol. The summed E-state index contributed by atoms with van der Waals surface area (Å²) < 4.78 is 5.47. The first-order valence-corrected chi connectivity index (χ1v) is 8.58. The summed E-state index contributed by atoms with van der Waals surface area (Å²) in [5.41, 5.74) is 0.928. The van der Waals surface area contributed by atoms with Crippen LogP contribution in [0.25, 0.3) is 0 Å². The van der Waals surface area contributed by atoms with Gasteiger partial charge in [0.2, 0.25) is 0 Å². The van der Waals surface area contributed by atoms with Crippen LogP contribution in [0.2, 0.25) is 0 Å². The number of amides is 1. The van der Waals surface area contributed by atoms with E-state index in [1.54, 1.807) is 12.1 Å². The lowest BCUT2D eigenvalue weighted by Gasteiger charge is -2.28. The van der Waals surface area contributed by atoms with Crippen molar-refractivity contribution in [3.05, 3.63) is 33.9 Å². The monoisotopic (exact) mass is 333 g/mol. The van der Waals surface area contributed by atoms with Crippen molar-refractivity contribution in [3.8, 4) is 0 Å². The summed E-state index contributed by atoms with van der Waals surface area (Å²) in [7, 11) is 0. The molecule has 1 amide bonds. The van der Waals surface area contributed by atoms with E-state index in [1.165, 1.54) is 6.07 Å². The van der Waals surface area contributed by atoms with Gasteiger partial charge in [0.1, 0.15) is 5.69 Å². The fourth-order valence-electron chi connectivity index (χ4n) is 3.33. The highest BCUT2D eigenvalue weighted by Gasteiger charge is 2.23. The third kappa shape index (κ3) is 3.84. The van der Waals surface area contributed by atoms with Crippen molar-refractivity contribution < 1.29 is 14.5 Å². The fraction of sp³-hybridized carbons (Fsp3) is 0.588. The number of nitrogens with one attached hydrogen (secondary N) is 1. The quantitative estimate of drug-likeness (QED) is 0.661. The molecule has 0 spiro atoms. The van der Waals surface area contributed by atoms with Crippen LogP contribution in [-0.2, 0) is 4.74 Å². The van der Waals surface area contributed by atoms with Crippen LogP contribution in [-0.4, -0.2) is 43.2 Å². The fourth-order valence-corrected chi connectivity index (χ4v) is 3.33. The molecule has 0 bridgehead atoms. The van der Waals surface area contributed by atoms with Crippen molar-refractivity contribution in [2.45, 2.75) is 38.2 Å². The molecule has 2 saturated heterocycles. The standard InChI is InChI=1S/C17H23N3O4/c21-17(18-12-14-5-4-10-24-14)13-6-7-15(16(11-13)20(22)23)19-8-2-1-3-9-19/h6-7,11,14H,1-5,8-10,12H2,(H,18,21)/t14-/m1/s1. The SMILES string of the molecule is O=C(NC[C@H]1CCCO1)c1ccc(N2CCCCC2)c([N+](=O)[O-])c1. The first kappa shape index (κ1) is 16.7. The van der Waals surface area contributed by atoms with Gasteiger partial charge in [-0.05, 0) is 44.2 Å². The Morgan fingerprint density at radius 1 is 1.29 bits per heavy atom. The van der Waals surface area contributed by atoms with Gasteiger partial charge in [-0.3, -0.25) is 14.9 Å². The Hall–Kier alpha value is -2.15. The molecule has 3 rings (SSSR count). The third-order valence-corrected chi connectivity index (χ3v) is 4.65. The molecule has 0 radical (unpaired) electrons. The molecule has 0 aliphatic carbocycles. The summed E-state index contributed by atoms with van der Waals surface area (Å²) in [4.78, 5) is 25.3. The van der Waals surface area contributed by atoms with Crippen molar-refractivity contribution in [1.82, 2.24) is 5.32 Å². The topological polar surface area (TPSA) is 84.7 Å². The Morgan fingerprint density at radius 2 is 2.08 bits per heavy atom. The van der Waals surface area contributed by atoms with E-state index in [2.05, 4.69) is 5.32 Å². The zero-order valence-corrected chi connectivity index (χ0v) is 13.7. The third-order valence-electron chi connectivity index (χ3n) is 4.65. The molecule has 1 aromatic rings. The maximum Gasteiger partial charge on any atom is 0.293 e. The van der Waals surface area contributed by atoms with Crippen molar-refractivity contribution in [3.63, 3.8) is 0 Å². The van der Waals surface area contributed by atoms with Crippen molar-refractivity contribution in [1.29, 1.82) is 0 Å². The number of anilines is 1. The average molecular weight is 333 g/mol. The lowest BCUT2D eigenvalue weighted by atomic mass is 10.1. The zero-order chi connectivity index (χ0) is 16.9. The maximum atomic E-state index is 12.3. The first-order chi connectivity index (χ1) is 11.6. The summed E-state index contributed by atoms with van der Waals surface area (Å²) in [6.07, 6.45) is 5.25. The second kappa shape index (κ2) is 7.61. The van der Waals surface area contributed by atoms with Crippen LogP contribution >= 0.6 is 0 Å². The maximum absolute atomic E-state index is 12.3. The molecule has 2 heterocycles. The van der Waals surface area contributed by atoms with Crippen molar-refractivity contribution in [2.24, 2.45) is 0 Å². The minimum atomic E-state index is -0.402. The molecule has 1 N–H and O–H groups in total. The molecule has 130 valence electrons. The zero-order valence-electron chi connectivity index (χ0n) is 13.7. The first-order valence-electron chi connectivity index (χ1n) is 8.58. The van der Waals surface area contributed by atoms with E-state index in [-0.39, 0.29) is 17.7 Å². The molecular formula is C17H23N3O4. The van der Waals surface area contributed by atoms with E-state index in [4.69, 9.17) is 4.74 Å². The van der Waals surface area contributed by atoms with E-state index in [1.807, 2.05) is 4.90 Å². The Kier molecular flexibility index (Phi) is 5.30. The molecule has 1 aromatic carbocycles. The largest absolute Gasteiger partial charge is 0.376 e. The van der Waals surface area contributed by atoms with Gasteiger partial charge < -0.3 is 15.0 Å². The summed E-state index contributed by atoms with van der Waals surface area (Å²) in [5, 5.41) is 14.2. The lowest BCUT2D eigenvalue weighted by Crippen LogP contribution is -2.32. The highest BCUT2D eigenvalue weighted by Crippen LogP contribution is 2.31. The molecule has 2 aliphatic rings. The second-order valence-electron chi connectivity index (χ2n) is 6.35. The number of hydrogen-bond donors (Lipinski definition) is 1. The second-order valence-corrected chi connectivity index (χ2v) is 6.35.